The summed E-state index contributed by atoms with van der Waals surface area (Å²) >= 11 is 0. The number of nitrogens with zero attached hydrogens (tertiary/aromatic N) is 1. The van der Waals surface area contributed by atoms with E-state index in [1.54, 1.807) is 0 Å². The number of anilines is 1. The molecule has 2 heteroatoms. The minimum absolute atomic E-state index is 0.00329. The van der Waals surface area contributed by atoms with Crippen LogP contribution in [0.3, 0.4) is 0 Å². The second-order valence-electron chi connectivity index (χ2n) is 4.92. The Morgan fingerprint density at radius 1 is 1.47 bits per heavy atom. The molecule has 0 saturated heterocycles. The minimum Gasteiger partial charge on any atom is -0.359 e. The summed E-state index contributed by atoms with van der Waals surface area (Å²) in [5.41, 5.74) is 2.63. The van der Waals surface area contributed by atoms with Crippen molar-refractivity contribution in [2.24, 2.45) is 0 Å². The zero-order valence-corrected chi connectivity index (χ0v) is 10.9. The molecule has 0 aliphatic carbocycles. The topological polar surface area (TPSA) is 20.3 Å². The highest BCUT2D eigenvalue weighted by molar-refractivity contribution is 5.87. The molecular weight excluding hydrogens is 210 g/mol. The number of fused-ring (bicyclic) bond motifs is 1. The van der Waals surface area contributed by atoms with Crippen LogP contribution in [0, 0.1) is 0 Å². The first-order valence-corrected chi connectivity index (χ1v) is 6.54. The highest BCUT2D eigenvalue weighted by atomic mass is 16.1. The van der Waals surface area contributed by atoms with Crippen molar-refractivity contribution in [1.29, 1.82) is 0 Å². The molecule has 1 aromatic carbocycles. The average molecular weight is 231 g/mol. The second-order valence-corrected chi connectivity index (χ2v) is 4.92. The fourth-order valence-corrected chi connectivity index (χ4v) is 2.76. The molecule has 0 bridgehead atoms. The van der Waals surface area contributed by atoms with Crippen LogP contribution in [0.4, 0.5) is 5.69 Å². The molecule has 1 heterocycles. The van der Waals surface area contributed by atoms with Gasteiger partial charge in [0, 0.05) is 18.2 Å². The molecular formula is C15H21NO. The van der Waals surface area contributed by atoms with Crippen molar-refractivity contribution in [3.8, 4) is 0 Å². The summed E-state index contributed by atoms with van der Waals surface area (Å²) in [6.45, 7) is 6.19. The fourth-order valence-electron chi connectivity index (χ4n) is 2.76. The van der Waals surface area contributed by atoms with Gasteiger partial charge in [0.1, 0.15) is 0 Å². The molecule has 17 heavy (non-hydrogen) atoms. The number of aryl methyl sites for hydroxylation is 1. The Labute approximate surface area is 104 Å². The number of ketones is 1. The molecule has 1 aliphatic heterocycles. The van der Waals surface area contributed by atoms with Crippen LogP contribution in [-0.2, 0) is 11.2 Å². The summed E-state index contributed by atoms with van der Waals surface area (Å²) in [6.07, 6.45) is 2.88. The minimum atomic E-state index is -0.00329. The predicted octanol–water partition coefficient (Wildman–Crippen LogP) is 3.20. The third-order valence-electron chi connectivity index (χ3n) is 3.81. The van der Waals surface area contributed by atoms with Gasteiger partial charge in [-0.15, -0.1) is 0 Å². The van der Waals surface area contributed by atoms with Crippen LogP contribution in [0.2, 0.25) is 0 Å². The zero-order valence-electron chi connectivity index (χ0n) is 10.9. The van der Waals surface area contributed by atoms with E-state index in [0.717, 1.165) is 12.8 Å². The maximum Gasteiger partial charge on any atom is 0.154 e. The molecule has 0 spiro atoms. The van der Waals surface area contributed by atoms with Crippen LogP contribution >= 0.6 is 0 Å². The monoisotopic (exact) mass is 231 g/mol. The van der Waals surface area contributed by atoms with Crippen molar-refractivity contribution < 1.29 is 4.79 Å². The van der Waals surface area contributed by atoms with E-state index in [-0.39, 0.29) is 6.04 Å². The molecule has 92 valence electrons. The lowest BCUT2D eigenvalue weighted by molar-refractivity contribution is -0.119. The van der Waals surface area contributed by atoms with Crippen LogP contribution in [0.1, 0.15) is 39.2 Å². The Morgan fingerprint density at radius 3 is 2.88 bits per heavy atom. The first-order chi connectivity index (χ1) is 8.15. The quantitative estimate of drug-likeness (QED) is 0.796. The number of carbonyl (C=O) groups is 1. The largest absolute Gasteiger partial charge is 0.359 e. The smallest absolute Gasteiger partial charge is 0.154 e. The standard InChI is InChI=1S/C15H21NO/c1-4-15(17)12(3)16-11(2)9-10-13-7-5-6-8-14(13)16/h5-8,11-12H,4,9-10H2,1-3H3. The van der Waals surface area contributed by atoms with Crippen LogP contribution < -0.4 is 4.90 Å². The van der Waals surface area contributed by atoms with Gasteiger partial charge >= 0.3 is 0 Å². The number of para-hydroxylation sites is 1. The maximum absolute atomic E-state index is 11.9. The Hall–Kier alpha value is -1.31. The predicted molar refractivity (Wildman–Crippen MR) is 71.5 cm³/mol. The molecule has 0 aromatic heterocycles. The van der Waals surface area contributed by atoms with Gasteiger partial charge in [0.25, 0.3) is 0 Å². The highest BCUT2D eigenvalue weighted by Gasteiger charge is 2.29. The van der Waals surface area contributed by atoms with E-state index in [9.17, 15) is 4.79 Å². The van der Waals surface area contributed by atoms with Crippen molar-refractivity contribution in [3.05, 3.63) is 29.8 Å². The van der Waals surface area contributed by atoms with Gasteiger partial charge in [-0.1, -0.05) is 25.1 Å². The zero-order chi connectivity index (χ0) is 12.4. The van der Waals surface area contributed by atoms with Gasteiger partial charge in [-0.05, 0) is 38.3 Å². The van der Waals surface area contributed by atoms with Crippen molar-refractivity contribution in [2.45, 2.75) is 52.1 Å². The molecule has 2 atom stereocenters. The van der Waals surface area contributed by atoms with Crippen LogP contribution in [0.15, 0.2) is 24.3 Å². The van der Waals surface area contributed by atoms with E-state index in [2.05, 4.69) is 36.1 Å². The number of carbonyl (C=O) groups excluding carboxylic acids is 1. The SMILES string of the molecule is CCC(=O)C(C)N1c2ccccc2CCC1C. The van der Waals surface area contributed by atoms with Gasteiger partial charge in [0.15, 0.2) is 5.78 Å². The van der Waals surface area contributed by atoms with Crippen molar-refractivity contribution in [1.82, 2.24) is 0 Å². The molecule has 1 aromatic rings. The summed E-state index contributed by atoms with van der Waals surface area (Å²) in [7, 11) is 0. The summed E-state index contributed by atoms with van der Waals surface area (Å²) in [4.78, 5) is 14.2. The van der Waals surface area contributed by atoms with Crippen molar-refractivity contribution in [3.63, 3.8) is 0 Å². The van der Waals surface area contributed by atoms with Gasteiger partial charge in [-0.3, -0.25) is 4.79 Å². The Balaban J connectivity index is 2.35. The van der Waals surface area contributed by atoms with E-state index in [1.807, 2.05) is 13.8 Å². The molecule has 2 rings (SSSR count). The van der Waals surface area contributed by atoms with Crippen LogP contribution in [0.5, 0.6) is 0 Å². The Kier molecular flexibility index (Phi) is 3.51. The van der Waals surface area contributed by atoms with Crippen molar-refractivity contribution in [2.75, 3.05) is 4.90 Å². The van der Waals surface area contributed by atoms with E-state index < -0.39 is 0 Å². The Morgan fingerprint density at radius 2 is 2.18 bits per heavy atom. The lowest BCUT2D eigenvalue weighted by Crippen LogP contribution is -2.47. The van der Waals surface area contributed by atoms with Gasteiger partial charge in [-0.25, -0.2) is 0 Å². The normalized spacial score (nSPS) is 20.9. The second kappa shape index (κ2) is 4.91. The molecule has 0 amide bonds. The lowest BCUT2D eigenvalue weighted by atomic mass is 9.94. The first-order valence-electron chi connectivity index (χ1n) is 6.54. The third-order valence-corrected chi connectivity index (χ3v) is 3.81. The maximum atomic E-state index is 11.9. The third kappa shape index (κ3) is 2.21. The number of Topliss-reactive ketones (excluding diaryl/α,β-unsaturated/α-hetero) is 1. The van der Waals surface area contributed by atoms with Gasteiger partial charge in [-0.2, -0.15) is 0 Å². The molecule has 0 radical (unpaired) electrons. The van der Waals surface area contributed by atoms with Gasteiger partial charge in [0.2, 0.25) is 0 Å². The Bertz CT molecular complexity index is 413. The summed E-state index contributed by atoms with van der Waals surface area (Å²) < 4.78 is 0. The number of benzene rings is 1. The fraction of sp³-hybridized carbons (Fsp3) is 0.533. The number of rotatable bonds is 3. The molecule has 0 N–H and O–H groups in total. The van der Waals surface area contributed by atoms with E-state index in [4.69, 9.17) is 0 Å². The number of hydrogen-bond donors (Lipinski definition) is 0. The van der Waals surface area contributed by atoms with Crippen molar-refractivity contribution >= 4 is 11.5 Å². The number of hydrogen-bond acceptors (Lipinski definition) is 2. The van der Waals surface area contributed by atoms with Crippen LogP contribution in [0.25, 0.3) is 0 Å². The summed E-state index contributed by atoms with van der Waals surface area (Å²) in [5.74, 6) is 0.327. The van der Waals surface area contributed by atoms with Gasteiger partial charge in [0.05, 0.1) is 6.04 Å². The average Bonchev–Trinajstić information content (AvgIpc) is 2.37. The van der Waals surface area contributed by atoms with E-state index in [0.29, 0.717) is 18.2 Å². The van der Waals surface area contributed by atoms with Gasteiger partial charge < -0.3 is 4.90 Å². The highest BCUT2D eigenvalue weighted by Crippen LogP contribution is 2.32. The lowest BCUT2D eigenvalue weighted by Gasteiger charge is -2.40. The molecule has 0 fully saturated rings. The molecule has 0 saturated carbocycles. The van der Waals surface area contributed by atoms with Crippen LogP contribution in [-0.4, -0.2) is 17.9 Å². The molecule has 1 aliphatic rings. The van der Waals surface area contributed by atoms with E-state index >= 15 is 0 Å². The van der Waals surface area contributed by atoms with E-state index in [1.165, 1.54) is 11.3 Å². The summed E-state index contributed by atoms with van der Waals surface area (Å²) in [6, 6.07) is 8.92. The summed E-state index contributed by atoms with van der Waals surface area (Å²) in [5, 5.41) is 0. The molecule has 2 unspecified atom stereocenters. The first kappa shape index (κ1) is 12.2. The molecule has 2 nitrogen and oxygen atoms in total.